The summed E-state index contributed by atoms with van der Waals surface area (Å²) < 4.78 is 5.96. The Morgan fingerprint density at radius 1 is 1.35 bits per heavy atom. The second-order valence-electron chi connectivity index (χ2n) is 3.56. The third kappa shape index (κ3) is 2.91. The molecule has 0 fully saturated rings. The van der Waals surface area contributed by atoms with E-state index in [4.69, 9.17) is 10.3 Å². The van der Waals surface area contributed by atoms with Gasteiger partial charge in [0, 0.05) is 10.0 Å². The molecule has 6 heteroatoms. The number of hydrogen-bond acceptors (Lipinski definition) is 5. The zero-order valence-corrected chi connectivity index (χ0v) is 10.6. The number of nitrogens with zero attached hydrogens (tertiary/aromatic N) is 2. The smallest absolute Gasteiger partial charge is 0.255 e. The van der Waals surface area contributed by atoms with Crippen molar-refractivity contribution in [2.75, 3.05) is 6.54 Å². The van der Waals surface area contributed by atoms with Gasteiger partial charge in [0.05, 0.1) is 0 Å². The number of halogens is 1. The first-order valence-electron chi connectivity index (χ1n) is 5.18. The normalized spacial score (nSPS) is 12.6. The molecule has 0 radical (unpaired) electrons. The summed E-state index contributed by atoms with van der Waals surface area (Å²) in [7, 11) is 0. The quantitative estimate of drug-likeness (QED) is 0.900. The Kier molecular flexibility index (Phi) is 3.88. The van der Waals surface area contributed by atoms with Gasteiger partial charge in [0.15, 0.2) is 0 Å². The Bertz CT molecular complexity index is 484. The van der Waals surface area contributed by atoms with Crippen molar-refractivity contribution < 1.29 is 9.63 Å². The molecule has 1 aromatic heterocycles. The van der Waals surface area contributed by atoms with Crippen LogP contribution < -0.4 is 5.73 Å². The summed E-state index contributed by atoms with van der Waals surface area (Å²) in [4.78, 5) is 4.13. The molecule has 0 aliphatic rings. The van der Waals surface area contributed by atoms with Crippen molar-refractivity contribution >= 4 is 15.9 Å². The summed E-state index contributed by atoms with van der Waals surface area (Å²) in [6.07, 6.45) is -0.390. The number of hydrogen-bond donors (Lipinski definition) is 2. The second kappa shape index (κ2) is 5.39. The zero-order valence-electron chi connectivity index (χ0n) is 9.01. The minimum absolute atomic E-state index is 0.202. The van der Waals surface area contributed by atoms with Crippen molar-refractivity contribution in [3.8, 4) is 11.4 Å². The highest BCUT2D eigenvalue weighted by atomic mass is 79.9. The lowest BCUT2D eigenvalue weighted by molar-refractivity contribution is 0.127. The highest BCUT2D eigenvalue weighted by Gasteiger charge is 2.15. The van der Waals surface area contributed by atoms with Crippen molar-refractivity contribution in [1.29, 1.82) is 0 Å². The Labute approximate surface area is 107 Å². The van der Waals surface area contributed by atoms with Gasteiger partial charge < -0.3 is 15.4 Å². The van der Waals surface area contributed by atoms with Crippen LogP contribution in [0.4, 0.5) is 0 Å². The Morgan fingerprint density at radius 3 is 2.71 bits per heavy atom. The Hall–Kier alpha value is -1.24. The number of nitrogens with two attached hydrogens (primary N) is 1. The van der Waals surface area contributed by atoms with E-state index in [1.165, 1.54) is 0 Å². The molecule has 3 N–H and O–H groups in total. The van der Waals surface area contributed by atoms with E-state index in [1.807, 2.05) is 24.3 Å². The first kappa shape index (κ1) is 12.2. The van der Waals surface area contributed by atoms with E-state index in [0.29, 0.717) is 18.8 Å². The number of rotatable bonds is 4. The summed E-state index contributed by atoms with van der Waals surface area (Å²) in [6, 6.07) is 7.52. The molecule has 1 aromatic carbocycles. The van der Waals surface area contributed by atoms with Gasteiger partial charge in [-0.05, 0) is 37.2 Å². The maximum atomic E-state index is 9.64. The number of benzene rings is 1. The van der Waals surface area contributed by atoms with E-state index in [0.717, 1.165) is 10.0 Å². The van der Waals surface area contributed by atoms with Crippen LogP contribution in [-0.2, 0) is 0 Å². The van der Waals surface area contributed by atoms with E-state index >= 15 is 0 Å². The van der Waals surface area contributed by atoms with Gasteiger partial charge in [-0.3, -0.25) is 0 Å². The predicted octanol–water partition coefficient (Wildman–Crippen LogP) is 1.88. The van der Waals surface area contributed by atoms with Crippen LogP contribution in [0.2, 0.25) is 0 Å². The van der Waals surface area contributed by atoms with Crippen LogP contribution in [0.15, 0.2) is 33.3 Å². The largest absolute Gasteiger partial charge is 0.383 e. The number of aromatic nitrogens is 2. The molecule has 2 rings (SSSR count). The number of aliphatic hydroxyl groups is 1. The summed E-state index contributed by atoms with van der Waals surface area (Å²) in [6.45, 7) is 0.372. The van der Waals surface area contributed by atoms with Gasteiger partial charge in [-0.25, -0.2) is 0 Å². The fourth-order valence-electron chi connectivity index (χ4n) is 1.37. The molecule has 0 saturated carbocycles. The Balaban J connectivity index is 2.20. The molecule has 1 atom stereocenters. The second-order valence-corrected chi connectivity index (χ2v) is 4.47. The van der Waals surface area contributed by atoms with Crippen LogP contribution in [0.5, 0.6) is 0 Å². The molecular formula is C11H12BrN3O2. The molecule has 5 nitrogen and oxygen atoms in total. The number of aliphatic hydroxyl groups excluding tert-OH is 1. The SMILES string of the molecule is NCCC(O)c1nc(-c2ccc(Br)cc2)no1. The first-order chi connectivity index (χ1) is 8.20. The predicted molar refractivity (Wildman–Crippen MR) is 66.1 cm³/mol. The zero-order chi connectivity index (χ0) is 12.3. The van der Waals surface area contributed by atoms with Crippen LogP contribution in [0.1, 0.15) is 18.4 Å². The molecule has 0 amide bonds. The van der Waals surface area contributed by atoms with E-state index in [2.05, 4.69) is 26.1 Å². The average Bonchev–Trinajstić information content (AvgIpc) is 2.80. The third-order valence-electron chi connectivity index (χ3n) is 2.27. The summed E-state index contributed by atoms with van der Waals surface area (Å²) in [5.74, 6) is 0.664. The van der Waals surface area contributed by atoms with Crippen molar-refractivity contribution in [3.63, 3.8) is 0 Å². The third-order valence-corrected chi connectivity index (χ3v) is 2.80. The van der Waals surface area contributed by atoms with Crippen molar-refractivity contribution in [2.45, 2.75) is 12.5 Å². The van der Waals surface area contributed by atoms with Crippen LogP contribution >= 0.6 is 15.9 Å². The van der Waals surface area contributed by atoms with Crippen LogP contribution in [-0.4, -0.2) is 21.8 Å². The van der Waals surface area contributed by atoms with Gasteiger partial charge >= 0.3 is 0 Å². The van der Waals surface area contributed by atoms with Crippen molar-refractivity contribution in [2.24, 2.45) is 5.73 Å². The maximum Gasteiger partial charge on any atom is 0.255 e. The molecule has 0 aliphatic heterocycles. The fraction of sp³-hybridized carbons (Fsp3) is 0.273. The summed E-state index contributed by atoms with van der Waals surface area (Å²) in [5.41, 5.74) is 6.18. The van der Waals surface area contributed by atoms with Gasteiger partial charge in [-0.2, -0.15) is 4.98 Å². The highest BCUT2D eigenvalue weighted by Crippen LogP contribution is 2.21. The molecule has 1 heterocycles. The fourth-order valence-corrected chi connectivity index (χ4v) is 1.63. The van der Waals surface area contributed by atoms with Gasteiger partial charge in [0.1, 0.15) is 6.10 Å². The minimum atomic E-state index is -0.795. The van der Waals surface area contributed by atoms with Gasteiger partial charge in [0.25, 0.3) is 5.89 Å². The standard InChI is InChI=1S/C11H12BrN3O2/c12-8-3-1-7(2-4-8)10-14-11(17-15-10)9(16)5-6-13/h1-4,9,16H,5-6,13H2. The molecule has 0 aliphatic carbocycles. The molecule has 0 spiro atoms. The molecular weight excluding hydrogens is 286 g/mol. The monoisotopic (exact) mass is 297 g/mol. The summed E-state index contributed by atoms with van der Waals surface area (Å²) >= 11 is 3.35. The molecule has 2 aromatic rings. The van der Waals surface area contributed by atoms with E-state index in [9.17, 15) is 5.11 Å². The van der Waals surface area contributed by atoms with Gasteiger partial charge in [-0.15, -0.1) is 0 Å². The minimum Gasteiger partial charge on any atom is -0.383 e. The van der Waals surface area contributed by atoms with Crippen LogP contribution in [0, 0.1) is 0 Å². The maximum absolute atomic E-state index is 9.64. The van der Waals surface area contributed by atoms with Gasteiger partial charge in [0.2, 0.25) is 5.82 Å². The lowest BCUT2D eigenvalue weighted by Gasteiger charge is -2.00. The van der Waals surface area contributed by atoms with Crippen LogP contribution in [0.3, 0.4) is 0 Å². The lowest BCUT2D eigenvalue weighted by Crippen LogP contribution is -2.06. The molecule has 17 heavy (non-hydrogen) atoms. The van der Waals surface area contributed by atoms with E-state index in [-0.39, 0.29) is 5.89 Å². The highest BCUT2D eigenvalue weighted by molar-refractivity contribution is 9.10. The molecule has 90 valence electrons. The van der Waals surface area contributed by atoms with Gasteiger partial charge in [-0.1, -0.05) is 21.1 Å². The molecule has 0 bridgehead atoms. The topological polar surface area (TPSA) is 85.2 Å². The Morgan fingerprint density at radius 2 is 2.06 bits per heavy atom. The van der Waals surface area contributed by atoms with Crippen molar-refractivity contribution in [1.82, 2.24) is 10.1 Å². The van der Waals surface area contributed by atoms with E-state index in [1.54, 1.807) is 0 Å². The first-order valence-corrected chi connectivity index (χ1v) is 5.97. The van der Waals surface area contributed by atoms with Crippen molar-refractivity contribution in [3.05, 3.63) is 34.6 Å². The van der Waals surface area contributed by atoms with Crippen LogP contribution in [0.25, 0.3) is 11.4 Å². The lowest BCUT2D eigenvalue weighted by atomic mass is 10.2. The van der Waals surface area contributed by atoms with E-state index < -0.39 is 6.10 Å². The molecule has 1 unspecified atom stereocenters. The average molecular weight is 298 g/mol. The molecule has 0 saturated heterocycles. The summed E-state index contributed by atoms with van der Waals surface area (Å²) in [5, 5.41) is 13.5.